The van der Waals surface area contributed by atoms with Gasteiger partial charge in [0.25, 0.3) is 0 Å². The van der Waals surface area contributed by atoms with E-state index in [0.29, 0.717) is 0 Å². The third kappa shape index (κ3) is 8.58. The first-order valence-electron chi connectivity index (χ1n) is 9.23. The van der Waals surface area contributed by atoms with Crippen LogP contribution in [0.2, 0.25) is 0 Å². The molecule has 0 saturated carbocycles. The summed E-state index contributed by atoms with van der Waals surface area (Å²) in [5.74, 6) is 0. The molecule has 0 saturated heterocycles. The smallest absolute Gasteiger partial charge is 0.171 e. The van der Waals surface area contributed by atoms with Crippen LogP contribution in [0.5, 0.6) is 0 Å². The Bertz CT molecular complexity index is 818. The molecular formula is C23H22F6P+. The molecule has 160 valence electrons. The average molecular weight is 443 g/mol. The van der Waals surface area contributed by atoms with Gasteiger partial charge in [-0.1, -0.05) is 54.1 Å². The lowest BCUT2D eigenvalue weighted by atomic mass is 10.2. The van der Waals surface area contributed by atoms with Gasteiger partial charge in [0, 0.05) is 0 Å². The van der Waals surface area contributed by atoms with Crippen molar-refractivity contribution in [1.29, 1.82) is 0 Å². The van der Waals surface area contributed by atoms with Crippen LogP contribution in [-0.2, 0) is 0 Å². The van der Waals surface area contributed by atoms with E-state index < -0.39 is 33.1 Å². The quantitative estimate of drug-likeness (QED) is 0.324. The minimum atomic E-state index is -4.71. The molecule has 0 heterocycles. The number of aryl methyl sites for hydroxylation is 1. The number of hydrogen-bond donors (Lipinski definition) is 0. The number of benzene rings is 3. The number of rotatable bonds is 4. The van der Waals surface area contributed by atoms with Crippen molar-refractivity contribution in [2.24, 2.45) is 0 Å². The van der Waals surface area contributed by atoms with Gasteiger partial charge in [0.1, 0.15) is 15.9 Å². The summed E-state index contributed by atoms with van der Waals surface area (Å²) in [5, 5.41) is 4.32. The van der Waals surface area contributed by atoms with E-state index in [1.54, 1.807) is 0 Å². The van der Waals surface area contributed by atoms with Gasteiger partial charge < -0.3 is 0 Å². The standard InChI is InChI=1S/C19H17P.C4H4F6/c1-16-12-14-19(15-13-16)20(17-8-4-2-5-9-17)18-10-6-3-7-11-18;5-3(6,7)1-2-4(8,9)10/h2-15H,1H3;1-2H2/p+1. The number of alkyl halides is 6. The van der Waals surface area contributed by atoms with Crippen molar-refractivity contribution in [2.75, 3.05) is 0 Å². The fourth-order valence-electron chi connectivity index (χ4n) is 2.71. The second kappa shape index (κ2) is 10.6. The number of halogens is 6. The van der Waals surface area contributed by atoms with Gasteiger partial charge >= 0.3 is 12.4 Å². The molecule has 3 aromatic carbocycles. The topological polar surface area (TPSA) is 0 Å². The van der Waals surface area contributed by atoms with Crippen LogP contribution < -0.4 is 15.9 Å². The summed E-state index contributed by atoms with van der Waals surface area (Å²) in [6.45, 7) is 2.14. The normalized spacial score (nSPS) is 11.7. The van der Waals surface area contributed by atoms with E-state index in [1.807, 2.05) is 0 Å². The monoisotopic (exact) mass is 443 g/mol. The van der Waals surface area contributed by atoms with Crippen molar-refractivity contribution in [3.05, 3.63) is 90.5 Å². The van der Waals surface area contributed by atoms with Crippen molar-refractivity contribution in [1.82, 2.24) is 0 Å². The maximum atomic E-state index is 11.1. The third-order valence-electron chi connectivity index (χ3n) is 4.16. The van der Waals surface area contributed by atoms with E-state index in [4.69, 9.17) is 0 Å². The lowest BCUT2D eigenvalue weighted by Crippen LogP contribution is -2.20. The molecule has 0 unspecified atom stereocenters. The molecule has 0 nitrogen and oxygen atoms in total. The van der Waals surface area contributed by atoms with Crippen LogP contribution in [0.1, 0.15) is 18.4 Å². The van der Waals surface area contributed by atoms with Gasteiger partial charge in [-0.05, 0) is 43.3 Å². The molecule has 0 aromatic heterocycles. The van der Waals surface area contributed by atoms with Gasteiger partial charge in [-0.25, -0.2) is 0 Å². The summed E-state index contributed by atoms with van der Waals surface area (Å²) in [4.78, 5) is 0. The van der Waals surface area contributed by atoms with Gasteiger partial charge in [-0.3, -0.25) is 0 Å². The van der Waals surface area contributed by atoms with E-state index in [1.165, 1.54) is 21.5 Å². The largest absolute Gasteiger partial charge is 0.389 e. The average Bonchev–Trinajstić information content (AvgIpc) is 2.69. The Morgan fingerprint density at radius 1 is 0.533 bits per heavy atom. The van der Waals surface area contributed by atoms with E-state index in [2.05, 4.69) is 91.9 Å². The van der Waals surface area contributed by atoms with E-state index >= 15 is 0 Å². The lowest BCUT2D eigenvalue weighted by molar-refractivity contribution is -0.183. The second-order valence-electron chi connectivity index (χ2n) is 6.70. The van der Waals surface area contributed by atoms with Crippen molar-refractivity contribution in [3.63, 3.8) is 0 Å². The second-order valence-corrected chi connectivity index (χ2v) is 9.19. The zero-order chi connectivity index (χ0) is 22.2. The van der Waals surface area contributed by atoms with Crippen molar-refractivity contribution in [3.8, 4) is 0 Å². The predicted molar refractivity (Wildman–Crippen MR) is 113 cm³/mol. The zero-order valence-electron chi connectivity index (χ0n) is 16.3. The first-order chi connectivity index (χ1) is 14.1. The van der Waals surface area contributed by atoms with Gasteiger partial charge in [-0.15, -0.1) is 0 Å². The van der Waals surface area contributed by atoms with Crippen LogP contribution in [0, 0.1) is 6.92 Å². The Hall–Kier alpha value is -2.33. The minimum Gasteiger partial charge on any atom is -0.171 e. The summed E-state index contributed by atoms with van der Waals surface area (Å²) >= 11 is 0. The summed E-state index contributed by atoms with van der Waals surface area (Å²) in [6.07, 6.45) is -13.0. The molecule has 0 N–H and O–H groups in total. The first-order valence-corrected chi connectivity index (χ1v) is 10.7. The molecule has 0 radical (unpaired) electrons. The van der Waals surface area contributed by atoms with Crippen molar-refractivity contribution < 1.29 is 26.3 Å². The van der Waals surface area contributed by atoms with Gasteiger partial charge in [0.15, 0.2) is 0 Å². The molecule has 3 rings (SSSR count). The highest BCUT2D eigenvalue weighted by atomic mass is 31.1. The molecule has 0 aliphatic heterocycles. The molecule has 0 amide bonds. The molecule has 0 aliphatic carbocycles. The van der Waals surface area contributed by atoms with Crippen LogP contribution in [0.25, 0.3) is 0 Å². The maximum Gasteiger partial charge on any atom is 0.389 e. The van der Waals surface area contributed by atoms with E-state index in [9.17, 15) is 26.3 Å². The minimum absolute atomic E-state index is 0.894. The molecule has 0 atom stereocenters. The SMILES string of the molecule is Cc1ccc([PH+](c2ccccc2)c2ccccc2)cc1.FC(F)(F)CCC(F)(F)F. The first kappa shape index (κ1) is 23.9. The fraction of sp³-hybridized carbons (Fsp3) is 0.217. The van der Waals surface area contributed by atoms with E-state index in [-0.39, 0.29) is 0 Å². The Morgan fingerprint density at radius 3 is 1.20 bits per heavy atom. The molecular weight excluding hydrogens is 421 g/mol. The molecule has 0 bridgehead atoms. The van der Waals surface area contributed by atoms with Gasteiger partial charge in [0.05, 0.1) is 20.8 Å². The van der Waals surface area contributed by atoms with Crippen molar-refractivity contribution in [2.45, 2.75) is 32.1 Å². The lowest BCUT2D eigenvalue weighted by Gasteiger charge is -2.10. The highest BCUT2D eigenvalue weighted by molar-refractivity contribution is 7.79. The van der Waals surface area contributed by atoms with Crippen LogP contribution in [0.15, 0.2) is 84.9 Å². The predicted octanol–water partition coefficient (Wildman–Crippen LogP) is 6.38. The van der Waals surface area contributed by atoms with Crippen LogP contribution in [0.3, 0.4) is 0 Å². The molecule has 3 aromatic rings. The van der Waals surface area contributed by atoms with Crippen LogP contribution >= 0.6 is 7.92 Å². The molecule has 0 aliphatic rings. The Labute approximate surface area is 173 Å². The Kier molecular flexibility index (Phi) is 8.48. The van der Waals surface area contributed by atoms with E-state index in [0.717, 1.165) is 0 Å². The highest BCUT2D eigenvalue weighted by Crippen LogP contribution is 2.32. The van der Waals surface area contributed by atoms with Crippen molar-refractivity contribution >= 4 is 23.8 Å². The summed E-state index contributed by atoms with van der Waals surface area (Å²) in [7, 11) is -0.894. The Balaban J connectivity index is 0.000000274. The van der Waals surface area contributed by atoms with Gasteiger partial charge in [0.2, 0.25) is 0 Å². The fourth-order valence-corrected chi connectivity index (χ4v) is 5.26. The zero-order valence-corrected chi connectivity index (χ0v) is 17.3. The third-order valence-corrected chi connectivity index (χ3v) is 6.89. The summed E-state index contributed by atoms with van der Waals surface area (Å²) in [5.41, 5.74) is 1.32. The van der Waals surface area contributed by atoms with Crippen LogP contribution in [0.4, 0.5) is 26.3 Å². The maximum absolute atomic E-state index is 11.1. The summed E-state index contributed by atoms with van der Waals surface area (Å²) in [6, 6.07) is 30.7. The van der Waals surface area contributed by atoms with Gasteiger partial charge in [-0.2, -0.15) is 26.3 Å². The number of hydrogen-bond acceptors (Lipinski definition) is 0. The molecule has 7 heteroatoms. The molecule has 0 fully saturated rings. The molecule has 30 heavy (non-hydrogen) atoms. The Morgan fingerprint density at radius 2 is 0.867 bits per heavy atom. The highest BCUT2D eigenvalue weighted by Gasteiger charge is 2.36. The van der Waals surface area contributed by atoms with Crippen LogP contribution in [-0.4, -0.2) is 12.4 Å². The molecule has 0 spiro atoms. The summed E-state index contributed by atoms with van der Waals surface area (Å²) < 4.78 is 66.5.